The Hall–Kier alpha value is -3.21. The number of pyridine rings is 1. The van der Waals surface area contributed by atoms with Crippen molar-refractivity contribution in [3.8, 4) is 0 Å². The van der Waals surface area contributed by atoms with Gasteiger partial charge in [0.2, 0.25) is 0 Å². The minimum Gasteiger partial charge on any atom is -0.478 e. The molecule has 1 aromatic heterocycles. The first kappa shape index (κ1) is 24.1. The van der Waals surface area contributed by atoms with Crippen molar-refractivity contribution < 1.29 is 29.3 Å². The number of hydrogen-bond acceptors (Lipinski definition) is 7. The first-order chi connectivity index (χ1) is 14.9. The molecule has 2 heterocycles. The smallest absolute Gasteiger partial charge is 0.328 e. The van der Waals surface area contributed by atoms with Crippen LogP contribution in [-0.4, -0.2) is 58.8 Å². The number of carbonyl (C=O) groups excluding carboxylic acids is 1. The zero-order valence-electron chi connectivity index (χ0n) is 16.5. The van der Waals surface area contributed by atoms with Crippen LogP contribution in [0.1, 0.15) is 21.2 Å². The number of aromatic nitrogens is 1. The summed E-state index contributed by atoms with van der Waals surface area (Å²) >= 11 is 1.53. The summed E-state index contributed by atoms with van der Waals surface area (Å²) in [6, 6.07) is 13.6. The fraction of sp³-hybridized carbons (Fsp3) is 0.238. The first-order valence-corrected chi connectivity index (χ1v) is 10.2. The number of ether oxygens (including phenoxy) is 1. The molecule has 2 aromatic rings. The highest BCUT2D eigenvalue weighted by atomic mass is 32.2. The molecule has 2 atom stereocenters. The number of rotatable bonds is 7. The van der Waals surface area contributed by atoms with Crippen LogP contribution in [0.25, 0.3) is 0 Å². The molecule has 0 spiro atoms. The molecule has 0 radical (unpaired) electrons. The molecule has 9 nitrogen and oxygen atoms in total. The maximum atomic E-state index is 11.6. The van der Waals surface area contributed by atoms with E-state index < -0.39 is 17.8 Å². The van der Waals surface area contributed by atoms with Crippen LogP contribution >= 0.6 is 11.8 Å². The van der Waals surface area contributed by atoms with Crippen molar-refractivity contribution in [3.63, 3.8) is 0 Å². The van der Waals surface area contributed by atoms with Crippen LogP contribution in [0, 0.1) is 0 Å². The third kappa shape index (κ3) is 8.21. The molecule has 1 fully saturated rings. The van der Waals surface area contributed by atoms with Gasteiger partial charge in [-0.3, -0.25) is 4.79 Å². The molecule has 164 valence electrons. The van der Waals surface area contributed by atoms with Crippen LogP contribution in [0.2, 0.25) is 0 Å². The highest BCUT2D eigenvalue weighted by molar-refractivity contribution is 7.99. The third-order valence-electron chi connectivity index (χ3n) is 4.07. The molecule has 3 rings (SSSR count). The van der Waals surface area contributed by atoms with E-state index in [1.807, 2.05) is 18.2 Å². The van der Waals surface area contributed by atoms with E-state index in [9.17, 15) is 14.4 Å². The minimum atomic E-state index is -1.26. The highest BCUT2D eigenvalue weighted by Crippen LogP contribution is 2.39. The Labute approximate surface area is 183 Å². The van der Waals surface area contributed by atoms with Crippen molar-refractivity contribution in [3.05, 3.63) is 71.9 Å². The number of carboxylic acid groups (broad SMARTS) is 2. The monoisotopic (exact) mass is 445 g/mol. The van der Waals surface area contributed by atoms with Crippen LogP contribution in [0.3, 0.4) is 0 Å². The van der Waals surface area contributed by atoms with Gasteiger partial charge in [-0.1, -0.05) is 42.1 Å². The summed E-state index contributed by atoms with van der Waals surface area (Å²) in [5.74, 6) is -2.98. The number of hydrogen-bond donors (Lipinski definition) is 4. The van der Waals surface area contributed by atoms with Crippen LogP contribution < -0.4 is 11.1 Å². The Morgan fingerprint density at radius 3 is 2.35 bits per heavy atom. The lowest BCUT2D eigenvalue weighted by Crippen LogP contribution is -2.41. The number of nitrogens with one attached hydrogen (secondary N) is 1. The predicted octanol–water partition coefficient (Wildman–Crippen LogP) is 1.71. The van der Waals surface area contributed by atoms with Crippen LogP contribution in [0.4, 0.5) is 0 Å². The number of benzene rings is 1. The number of primary amides is 1. The van der Waals surface area contributed by atoms with Crippen molar-refractivity contribution >= 4 is 29.6 Å². The van der Waals surface area contributed by atoms with Crippen molar-refractivity contribution in [2.75, 3.05) is 19.7 Å². The standard InChI is InChI=1S/C17H19N3O2S.C4H4O4/c18-16(21)13-7-4-8-20-17(13)23-15(12-5-2-1-3-6-12)14-11-19-9-10-22-14;5-3(6)1-2-4(7)8/h1-8,14-15,19H,9-11H2,(H2,18,21);1-2H,(H,5,6)(H,7,8)/b;2-1+/t14-,15?;/m0./s1. The molecule has 5 N–H and O–H groups in total. The zero-order valence-corrected chi connectivity index (χ0v) is 17.3. The van der Waals surface area contributed by atoms with Gasteiger partial charge in [0, 0.05) is 31.4 Å². The van der Waals surface area contributed by atoms with Gasteiger partial charge in [0.1, 0.15) is 5.03 Å². The minimum absolute atomic E-state index is 0.0129. The van der Waals surface area contributed by atoms with E-state index in [0.29, 0.717) is 29.3 Å². The summed E-state index contributed by atoms with van der Waals surface area (Å²) in [6.07, 6.45) is 2.81. The molecule has 31 heavy (non-hydrogen) atoms. The van der Waals surface area contributed by atoms with Gasteiger partial charge in [-0.05, 0) is 17.7 Å². The van der Waals surface area contributed by atoms with E-state index in [1.165, 1.54) is 11.8 Å². The molecule has 1 aliphatic heterocycles. The quantitative estimate of drug-likeness (QED) is 0.369. The Bertz CT molecular complexity index is 900. The summed E-state index contributed by atoms with van der Waals surface area (Å²) < 4.78 is 5.94. The number of aliphatic carboxylic acids is 2. The first-order valence-electron chi connectivity index (χ1n) is 9.31. The van der Waals surface area contributed by atoms with Gasteiger partial charge in [0.15, 0.2) is 0 Å². The second-order valence-electron chi connectivity index (χ2n) is 6.29. The zero-order chi connectivity index (χ0) is 22.6. The van der Waals surface area contributed by atoms with E-state index in [4.69, 9.17) is 20.7 Å². The number of thioether (sulfide) groups is 1. The Kier molecular flexibility index (Phi) is 9.69. The molecular formula is C21H23N3O6S. The SMILES string of the molecule is NC(=O)c1cccnc1SC(c1ccccc1)[C@@H]1CNCCO1.O=C(O)/C=C/C(=O)O. The number of amides is 1. The lowest BCUT2D eigenvalue weighted by Gasteiger charge is -2.31. The van der Waals surface area contributed by atoms with Gasteiger partial charge in [-0.15, -0.1) is 0 Å². The number of carboxylic acids is 2. The predicted molar refractivity (Wildman–Crippen MR) is 115 cm³/mol. The summed E-state index contributed by atoms with van der Waals surface area (Å²) in [5, 5.41) is 19.7. The summed E-state index contributed by atoms with van der Waals surface area (Å²) in [6.45, 7) is 2.31. The number of nitrogens with two attached hydrogens (primary N) is 1. The second-order valence-corrected chi connectivity index (χ2v) is 7.42. The lowest BCUT2D eigenvalue weighted by molar-refractivity contribution is -0.134. The summed E-state index contributed by atoms with van der Waals surface area (Å²) in [4.78, 5) is 35.1. The maximum absolute atomic E-state index is 11.6. The van der Waals surface area contributed by atoms with E-state index in [1.54, 1.807) is 18.3 Å². The summed E-state index contributed by atoms with van der Waals surface area (Å²) in [7, 11) is 0. The van der Waals surface area contributed by atoms with Crippen LogP contribution in [-0.2, 0) is 14.3 Å². The average Bonchev–Trinajstić information content (AvgIpc) is 2.78. The Morgan fingerprint density at radius 2 is 1.81 bits per heavy atom. The van der Waals surface area contributed by atoms with Crippen molar-refractivity contribution in [1.82, 2.24) is 10.3 Å². The highest BCUT2D eigenvalue weighted by Gasteiger charge is 2.28. The number of nitrogens with zero attached hydrogens (tertiary/aromatic N) is 1. The molecule has 0 aliphatic carbocycles. The van der Waals surface area contributed by atoms with E-state index >= 15 is 0 Å². The fourth-order valence-corrected chi connectivity index (χ4v) is 3.99. The second kappa shape index (κ2) is 12.5. The van der Waals surface area contributed by atoms with Crippen LogP contribution in [0.5, 0.6) is 0 Å². The average molecular weight is 445 g/mol. The lowest BCUT2D eigenvalue weighted by atomic mass is 10.1. The van der Waals surface area contributed by atoms with E-state index in [0.717, 1.165) is 18.7 Å². The maximum Gasteiger partial charge on any atom is 0.328 e. The molecule has 10 heteroatoms. The Morgan fingerprint density at radius 1 is 1.13 bits per heavy atom. The Balaban J connectivity index is 0.000000366. The molecular weight excluding hydrogens is 422 g/mol. The van der Waals surface area contributed by atoms with E-state index in [2.05, 4.69) is 22.4 Å². The van der Waals surface area contributed by atoms with Crippen molar-refractivity contribution in [2.45, 2.75) is 16.4 Å². The molecule has 1 amide bonds. The molecule has 1 unspecified atom stereocenters. The van der Waals surface area contributed by atoms with Gasteiger partial charge >= 0.3 is 11.9 Å². The fourth-order valence-electron chi connectivity index (χ4n) is 2.72. The molecule has 1 saturated heterocycles. The molecule has 1 aliphatic rings. The third-order valence-corrected chi connectivity index (χ3v) is 5.44. The van der Waals surface area contributed by atoms with Crippen molar-refractivity contribution in [1.29, 1.82) is 0 Å². The molecule has 0 bridgehead atoms. The van der Waals surface area contributed by atoms with Gasteiger partial charge < -0.3 is 26.0 Å². The van der Waals surface area contributed by atoms with Crippen LogP contribution in [0.15, 0.2) is 65.8 Å². The van der Waals surface area contributed by atoms with Gasteiger partial charge in [0.05, 0.1) is 23.5 Å². The van der Waals surface area contributed by atoms with E-state index in [-0.39, 0.29) is 11.4 Å². The topological polar surface area (TPSA) is 152 Å². The molecule has 0 saturated carbocycles. The summed E-state index contributed by atoms with van der Waals surface area (Å²) in [5.41, 5.74) is 7.06. The normalized spacial score (nSPS) is 16.7. The largest absolute Gasteiger partial charge is 0.478 e. The van der Waals surface area contributed by atoms with Gasteiger partial charge in [0.25, 0.3) is 5.91 Å². The van der Waals surface area contributed by atoms with Crippen molar-refractivity contribution in [2.24, 2.45) is 5.73 Å². The molecule has 1 aromatic carbocycles. The van der Waals surface area contributed by atoms with Gasteiger partial charge in [-0.25, -0.2) is 14.6 Å². The van der Waals surface area contributed by atoms with Gasteiger partial charge in [-0.2, -0.15) is 0 Å². The number of morpholine rings is 1. The number of carbonyl (C=O) groups is 3.